The van der Waals surface area contributed by atoms with Gasteiger partial charge in [0.25, 0.3) is 0 Å². The van der Waals surface area contributed by atoms with Crippen molar-refractivity contribution >= 4 is 0 Å². The Bertz CT molecular complexity index is 333. The molecule has 1 aromatic heterocycles. The van der Waals surface area contributed by atoms with Gasteiger partial charge in [0, 0.05) is 12.5 Å². The quantitative estimate of drug-likeness (QED) is 0.788. The van der Waals surface area contributed by atoms with Crippen LogP contribution in [0.25, 0.3) is 0 Å². The van der Waals surface area contributed by atoms with E-state index in [1.54, 1.807) is 6.26 Å². The van der Waals surface area contributed by atoms with Crippen LogP contribution in [0.1, 0.15) is 58.1 Å². The largest absolute Gasteiger partial charge is 0.469 e. The SMILES string of the molecule is CCCNC(CCc1ccco1)C1CCCC(C)C1. The predicted molar refractivity (Wildman–Crippen MR) is 80.2 cm³/mol. The number of aryl methyl sites for hydroxylation is 1. The maximum Gasteiger partial charge on any atom is 0.103 e. The van der Waals surface area contributed by atoms with Crippen molar-refractivity contribution in [2.24, 2.45) is 11.8 Å². The van der Waals surface area contributed by atoms with E-state index in [-0.39, 0.29) is 0 Å². The summed E-state index contributed by atoms with van der Waals surface area (Å²) in [5.41, 5.74) is 0. The van der Waals surface area contributed by atoms with Crippen LogP contribution in [0.4, 0.5) is 0 Å². The second-order valence-electron chi connectivity index (χ2n) is 6.21. The molecule has 0 spiro atoms. The van der Waals surface area contributed by atoms with Crippen LogP contribution in [0.3, 0.4) is 0 Å². The standard InChI is InChI=1S/C17H29NO/c1-3-11-18-17(10-9-16-8-5-12-19-16)15-7-4-6-14(2)13-15/h5,8,12,14-15,17-18H,3-4,6-7,9-11,13H2,1-2H3. The molecule has 2 rings (SSSR count). The van der Waals surface area contributed by atoms with Crippen LogP contribution in [0.5, 0.6) is 0 Å². The normalized spacial score (nSPS) is 25.4. The first kappa shape index (κ1) is 14.6. The Morgan fingerprint density at radius 2 is 2.32 bits per heavy atom. The number of hydrogen-bond acceptors (Lipinski definition) is 2. The van der Waals surface area contributed by atoms with E-state index in [0.717, 1.165) is 30.6 Å². The second-order valence-corrected chi connectivity index (χ2v) is 6.21. The van der Waals surface area contributed by atoms with Gasteiger partial charge in [0.05, 0.1) is 6.26 Å². The van der Waals surface area contributed by atoms with Gasteiger partial charge in [0.1, 0.15) is 5.76 Å². The third-order valence-corrected chi connectivity index (χ3v) is 4.48. The smallest absolute Gasteiger partial charge is 0.103 e. The Morgan fingerprint density at radius 3 is 3.00 bits per heavy atom. The topological polar surface area (TPSA) is 25.2 Å². The van der Waals surface area contributed by atoms with E-state index in [0.29, 0.717) is 6.04 Å². The molecule has 1 saturated carbocycles. The lowest BCUT2D eigenvalue weighted by Gasteiger charge is -2.34. The molecule has 1 fully saturated rings. The zero-order chi connectivity index (χ0) is 13.5. The average molecular weight is 263 g/mol. The molecule has 2 heteroatoms. The summed E-state index contributed by atoms with van der Waals surface area (Å²) in [6, 6.07) is 4.76. The number of rotatable bonds is 7. The Balaban J connectivity index is 1.86. The zero-order valence-corrected chi connectivity index (χ0v) is 12.5. The first-order valence-corrected chi connectivity index (χ1v) is 8.05. The zero-order valence-electron chi connectivity index (χ0n) is 12.5. The van der Waals surface area contributed by atoms with E-state index in [4.69, 9.17) is 4.42 Å². The van der Waals surface area contributed by atoms with E-state index in [1.807, 2.05) is 6.07 Å². The summed E-state index contributed by atoms with van der Waals surface area (Å²) >= 11 is 0. The molecule has 0 radical (unpaired) electrons. The summed E-state index contributed by atoms with van der Waals surface area (Å²) in [7, 11) is 0. The fraction of sp³-hybridized carbons (Fsp3) is 0.765. The van der Waals surface area contributed by atoms with Crippen LogP contribution in [0, 0.1) is 11.8 Å². The molecule has 108 valence electrons. The average Bonchev–Trinajstić information content (AvgIpc) is 2.92. The molecule has 3 atom stereocenters. The van der Waals surface area contributed by atoms with E-state index in [1.165, 1.54) is 38.5 Å². The summed E-state index contributed by atoms with van der Waals surface area (Å²) in [5, 5.41) is 3.78. The Kier molecular flexibility index (Phi) is 5.96. The lowest BCUT2D eigenvalue weighted by Crippen LogP contribution is -2.39. The third-order valence-electron chi connectivity index (χ3n) is 4.48. The summed E-state index contributed by atoms with van der Waals surface area (Å²) < 4.78 is 5.47. The Morgan fingerprint density at radius 1 is 1.42 bits per heavy atom. The van der Waals surface area contributed by atoms with Crippen molar-refractivity contribution in [3.63, 3.8) is 0 Å². The van der Waals surface area contributed by atoms with Gasteiger partial charge in [-0.1, -0.05) is 26.7 Å². The van der Waals surface area contributed by atoms with Crippen molar-refractivity contribution < 1.29 is 4.42 Å². The van der Waals surface area contributed by atoms with Crippen molar-refractivity contribution in [1.29, 1.82) is 0 Å². The Hall–Kier alpha value is -0.760. The van der Waals surface area contributed by atoms with Gasteiger partial charge in [0.2, 0.25) is 0 Å². The molecule has 0 bridgehead atoms. The van der Waals surface area contributed by atoms with Crippen LogP contribution >= 0.6 is 0 Å². The van der Waals surface area contributed by atoms with Gasteiger partial charge >= 0.3 is 0 Å². The Labute approximate surface area is 118 Å². The van der Waals surface area contributed by atoms with Crippen LogP contribution in [-0.4, -0.2) is 12.6 Å². The molecular formula is C17H29NO. The van der Waals surface area contributed by atoms with E-state index < -0.39 is 0 Å². The highest BCUT2D eigenvalue weighted by Gasteiger charge is 2.26. The van der Waals surface area contributed by atoms with Crippen molar-refractivity contribution in [2.75, 3.05) is 6.54 Å². The first-order valence-electron chi connectivity index (χ1n) is 8.05. The van der Waals surface area contributed by atoms with Gasteiger partial charge in [-0.25, -0.2) is 0 Å². The summed E-state index contributed by atoms with van der Waals surface area (Å²) in [4.78, 5) is 0. The minimum atomic E-state index is 0.674. The molecule has 1 aliphatic rings. The van der Waals surface area contributed by atoms with Crippen LogP contribution < -0.4 is 5.32 Å². The van der Waals surface area contributed by atoms with E-state index >= 15 is 0 Å². The van der Waals surface area contributed by atoms with E-state index in [9.17, 15) is 0 Å². The maximum atomic E-state index is 5.47. The van der Waals surface area contributed by atoms with Gasteiger partial charge in [-0.15, -0.1) is 0 Å². The van der Waals surface area contributed by atoms with Crippen molar-refractivity contribution in [2.45, 2.75) is 64.8 Å². The predicted octanol–water partition coefficient (Wildman–Crippen LogP) is 4.41. The molecule has 1 aromatic rings. The van der Waals surface area contributed by atoms with Crippen LogP contribution in [0.15, 0.2) is 22.8 Å². The van der Waals surface area contributed by atoms with Gasteiger partial charge in [0.15, 0.2) is 0 Å². The molecule has 1 aliphatic carbocycles. The number of nitrogens with one attached hydrogen (secondary N) is 1. The van der Waals surface area contributed by atoms with Crippen molar-refractivity contribution in [1.82, 2.24) is 5.32 Å². The van der Waals surface area contributed by atoms with Gasteiger partial charge in [-0.2, -0.15) is 0 Å². The van der Waals surface area contributed by atoms with E-state index in [2.05, 4.69) is 25.2 Å². The van der Waals surface area contributed by atoms with Crippen LogP contribution in [-0.2, 0) is 6.42 Å². The highest BCUT2D eigenvalue weighted by molar-refractivity contribution is 4.99. The summed E-state index contributed by atoms with van der Waals surface area (Å²) in [6.07, 6.45) is 10.9. The molecule has 0 aliphatic heterocycles. The van der Waals surface area contributed by atoms with Gasteiger partial charge < -0.3 is 9.73 Å². The fourth-order valence-electron chi connectivity index (χ4n) is 3.43. The molecule has 19 heavy (non-hydrogen) atoms. The highest BCUT2D eigenvalue weighted by atomic mass is 16.3. The molecule has 1 heterocycles. The number of hydrogen-bond donors (Lipinski definition) is 1. The molecule has 3 unspecified atom stereocenters. The van der Waals surface area contributed by atoms with Crippen molar-refractivity contribution in [3.05, 3.63) is 24.2 Å². The minimum absolute atomic E-state index is 0.674. The molecule has 0 amide bonds. The highest BCUT2D eigenvalue weighted by Crippen LogP contribution is 2.32. The van der Waals surface area contributed by atoms with Gasteiger partial charge in [-0.05, 0) is 56.2 Å². The maximum absolute atomic E-state index is 5.47. The molecule has 1 N–H and O–H groups in total. The summed E-state index contributed by atoms with van der Waals surface area (Å²) in [6.45, 7) is 5.81. The molecular weight excluding hydrogens is 234 g/mol. The lowest BCUT2D eigenvalue weighted by atomic mass is 9.77. The first-order chi connectivity index (χ1) is 9.29. The molecule has 0 aromatic carbocycles. The fourth-order valence-corrected chi connectivity index (χ4v) is 3.43. The monoisotopic (exact) mass is 263 g/mol. The van der Waals surface area contributed by atoms with Crippen molar-refractivity contribution in [3.8, 4) is 0 Å². The second kappa shape index (κ2) is 7.74. The molecule has 0 saturated heterocycles. The van der Waals surface area contributed by atoms with Gasteiger partial charge in [-0.3, -0.25) is 0 Å². The number of furan rings is 1. The molecule has 2 nitrogen and oxygen atoms in total. The lowest BCUT2D eigenvalue weighted by molar-refractivity contribution is 0.213. The third kappa shape index (κ3) is 4.68. The summed E-state index contributed by atoms with van der Waals surface area (Å²) in [5.74, 6) is 2.91. The van der Waals surface area contributed by atoms with Crippen LogP contribution in [0.2, 0.25) is 0 Å². The minimum Gasteiger partial charge on any atom is -0.469 e.